The van der Waals surface area contributed by atoms with Gasteiger partial charge in [-0.3, -0.25) is 4.79 Å². The molecule has 0 heterocycles. The number of carboxylic acids is 1. The van der Waals surface area contributed by atoms with Crippen LogP contribution in [0.4, 0.5) is 0 Å². The number of carboxylic acid groups (broad SMARTS) is 1. The van der Waals surface area contributed by atoms with Crippen LogP contribution in [0.15, 0.2) is 35.2 Å². The normalized spacial score (nSPS) is 13.7. The van der Waals surface area contributed by atoms with Gasteiger partial charge in [-0.15, -0.1) is 0 Å². The zero-order chi connectivity index (χ0) is 14.6. The molecule has 1 atom stereocenters. The van der Waals surface area contributed by atoms with Crippen molar-refractivity contribution in [1.82, 2.24) is 4.31 Å². The molecule has 1 unspecified atom stereocenters. The molecule has 0 bridgehead atoms. The third-order valence-electron chi connectivity index (χ3n) is 2.80. The molecule has 0 radical (unpaired) electrons. The Morgan fingerprint density at radius 1 is 1.21 bits per heavy atom. The maximum atomic E-state index is 12.5. The molecule has 0 aliphatic rings. The SMILES string of the molecule is CC(CN(C(C)C)S(=O)(=O)c1ccccc1)C(=O)O. The number of aliphatic carboxylic acids is 1. The summed E-state index contributed by atoms with van der Waals surface area (Å²) in [5.41, 5.74) is 0. The monoisotopic (exact) mass is 285 g/mol. The van der Waals surface area contributed by atoms with E-state index in [1.165, 1.54) is 23.4 Å². The van der Waals surface area contributed by atoms with Gasteiger partial charge in [0, 0.05) is 12.6 Å². The molecule has 0 saturated carbocycles. The van der Waals surface area contributed by atoms with Gasteiger partial charge in [0.05, 0.1) is 10.8 Å². The Morgan fingerprint density at radius 3 is 2.16 bits per heavy atom. The van der Waals surface area contributed by atoms with E-state index in [0.29, 0.717) is 0 Å². The number of hydrogen-bond donors (Lipinski definition) is 1. The van der Waals surface area contributed by atoms with Crippen molar-refractivity contribution < 1.29 is 18.3 Å². The molecule has 1 aromatic rings. The second-order valence-corrected chi connectivity index (χ2v) is 6.61. The minimum absolute atomic E-state index is 0.0375. The van der Waals surface area contributed by atoms with E-state index in [2.05, 4.69) is 0 Å². The van der Waals surface area contributed by atoms with E-state index in [-0.39, 0.29) is 17.5 Å². The van der Waals surface area contributed by atoms with Crippen molar-refractivity contribution in [3.8, 4) is 0 Å². The molecule has 1 aromatic carbocycles. The lowest BCUT2D eigenvalue weighted by atomic mass is 10.2. The van der Waals surface area contributed by atoms with Crippen LogP contribution < -0.4 is 0 Å². The molecule has 0 aliphatic heterocycles. The van der Waals surface area contributed by atoms with Crippen LogP contribution in [0.5, 0.6) is 0 Å². The number of carbonyl (C=O) groups is 1. The first-order valence-corrected chi connectivity index (χ1v) is 7.50. The van der Waals surface area contributed by atoms with Crippen LogP contribution in [-0.4, -0.2) is 36.4 Å². The Morgan fingerprint density at radius 2 is 1.74 bits per heavy atom. The first kappa shape index (κ1) is 15.7. The van der Waals surface area contributed by atoms with Gasteiger partial charge in [-0.2, -0.15) is 4.31 Å². The van der Waals surface area contributed by atoms with Crippen LogP contribution in [-0.2, 0) is 14.8 Å². The zero-order valence-corrected chi connectivity index (χ0v) is 12.1. The van der Waals surface area contributed by atoms with Crippen LogP contribution in [0.3, 0.4) is 0 Å². The maximum Gasteiger partial charge on any atom is 0.307 e. The fraction of sp³-hybridized carbons (Fsp3) is 0.462. The summed E-state index contributed by atoms with van der Waals surface area (Å²) >= 11 is 0. The van der Waals surface area contributed by atoms with E-state index in [0.717, 1.165) is 0 Å². The Balaban J connectivity index is 3.09. The van der Waals surface area contributed by atoms with Crippen molar-refractivity contribution in [3.63, 3.8) is 0 Å². The van der Waals surface area contributed by atoms with Crippen LogP contribution in [0.25, 0.3) is 0 Å². The lowest BCUT2D eigenvalue weighted by molar-refractivity contribution is -0.141. The summed E-state index contributed by atoms with van der Waals surface area (Å²) in [6.45, 7) is 4.92. The van der Waals surface area contributed by atoms with Crippen molar-refractivity contribution in [1.29, 1.82) is 0 Å². The van der Waals surface area contributed by atoms with Gasteiger partial charge >= 0.3 is 5.97 Å². The molecule has 19 heavy (non-hydrogen) atoms. The molecule has 5 nitrogen and oxygen atoms in total. The summed E-state index contributed by atoms with van der Waals surface area (Å²) in [5, 5.41) is 8.93. The highest BCUT2D eigenvalue weighted by molar-refractivity contribution is 7.89. The van der Waals surface area contributed by atoms with Gasteiger partial charge in [0.25, 0.3) is 0 Å². The Hall–Kier alpha value is -1.40. The van der Waals surface area contributed by atoms with E-state index in [1.807, 2.05) is 0 Å². The van der Waals surface area contributed by atoms with E-state index in [1.54, 1.807) is 32.0 Å². The van der Waals surface area contributed by atoms with Gasteiger partial charge in [0.2, 0.25) is 10.0 Å². The van der Waals surface area contributed by atoms with Crippen molar-refractivity contribution in [2.75, 3.05) is 6.54 Å². The van der Waals surface area contributed by atoms with Crippen LogP contribution >= 0.6 is 0 Å². The standard InChI is InChI=1S/C13H19NO4S/c1-10(2)14(9-11(3)13(15)16)19(17,18)12-7-5-4-6-8-12/h4-8,10-11H,9H2,1-3H3,(H,15,16). The molecule has 0 aliphatic carbocycles. The molecule has 1 rings (SSSR count). The number of hydrogen-bond acceptors (Lipinski definition) is 3. The molecule has 0 saturated heterocycles. The average molecular weight is 285 g/mol. The largest absolute Gasteiger partial charge is 0.481 e. The van der Waals surface area contributed by atoms with E-state index in [9.17, 15) is 13.2 Å². The smallest absolute Gasteiger partial charge is 0.307 e. The molecule has 0 aromatic heterocycles. The summed E-state index contributed by atoms with van der Waals surface area (Å²) in [5.74, 6) is -1.75. The van der Waals surface area contributed by atoms with Gasteiger partial charge < -0.3 is 5.11 Å². The molecule has 0 fully saturated rings. The topological polar surface area (TPSA) is 74.7 Å². The summed E-state index contributed by atoms with van der Waals surface area (Å²) in [6, 6.07) is 7.75. The van der Waals surface area contributed by atoms with Gasteiger partial charge in [0.1, 0.15) is 0 Å². The number of sulfonamides is 1. The van der Waals surface area contributed by atoms with Crippen LogP contribution in [0.1, 0.15) is 20.8 Å². The summed E-state index contributed by atoms with van der Waals surface area (Å²) in [7, 11) is -3.66. The predicted octanol–water partition coefficient (Wildman–Crippen LogP) is 1.81. The third kappa shape index (κ3) is 3.78. The minimum Gasteiger partial charge on any atom is -0.481 e. The summed E-state index contributed by atoms with van der Waals surface area (Å²) < 4.78 is 26.2. The van der Waals surface area contributed by atoms with Gasteiger partial charge in [-0.1, -0.05) is 25.1 Å². The highest BCUT2D eigenvalue weighted by atomic mass is 32.2. The first-order valence-electron chi connectivity index (χ1n) is 6.06. The second-order valence-electron chi connectivity index (χ2n) is 4.72. The summed E-state index contributed by atoms with van der Waals surface area (Å²) in [6.07, 6.45) is 0. The molecule has 106 valence electrons. The van der Waals surface area contributed by atoms with Crippen LogP contribution in [0.2, 0.25) is 0 Å². The first-order chi connectivity index (χ1) is 8.76. The van der Waals surface area contributed by atoms with Gasteiger partial charge in [0.15, 0.2) is 0 Å². The van der Waals surface area contributed by atoms with Crippen molar-refractivity contribution in [2.24, 2.45) is 5.92 Å². The van der Waals surface area contributed by atoms with Crippen LogP contribution in [0, 0.1) is 5.92 Å². The predicted molar refractivity (Wildman–Crippen MR) is 72.3 cm³/mol. The molecule has 1 N–H and O–H groups in total. The lowest BCUT2D eigenvalue weighted by Crippen LogP contribution is -2.41. The van der Waals surface area contributed by atoms with E-state index < -0.39 is 21.9 Å². The van der Waals surface area contributed by atoms with Crippen molar-refractivity contribution >= 4 is 16.0 Å². The quantitative estimate of drug-likeness (QED) is 0.865. The molecule has 0 spiro atoms. The van der Waals surface area contributed by atoms with Crippen molar-refractivity contribution in [2.45, 2.75) is 31.7 Å². The molecule has 0 amide bonds. The van der Waals surface area contributed by atoms with Gasteiger partial charge in [-0.25, -0.2) is 8.42 Å². The number of nitrogens with zero attached hydrogens (tertiary/aromatic N) is 1. The third-order valence-corrected chi connectivity index (χ3v) is 4.86. The average Bonchev–Trinajstić information content (AvgIpc) is 2.35. The molecular formula is C13H19NO4S. The molecule has 6 heteroatoms. The van der Waals surface area contributed by atoms with Gasteiger partial charge in [-0.05, 0) is 26.0 Å². The maximum absolute atomic E-state index is 12.5. The highest BCUT2D eigenvalue weighted by Gasteiger charge is 2.29. The summed E-state index contributed by atoms with van der Waals surface area (Å²) in [4.78, 5) is 11.1. The Kier molecular flexibility index (Phi) is 5.08. The fourth-order valence-electron chi connectivity index (χ4n) is 1.66. The second kappa shape index (κ2) is 6.16. The zero-order valence-electron chi connectivity index (χ0n) is 11.3. The molecular weight excluding hydrogens is 266 g/mol. The lowest BCUT2D eigenvalue weighted by Gasteiger charge is -2.27. The Bertz CT molecular complexity index is 525. The van der Waals surface area contributed by atoms with E-state index >= 15 is 0 Å². The fourth-order valence-corrected chi connectivity index (χ4v) is 3.41. The number of benzene rings is 1. The minimum atomic E-state index is -3.66. The Labute approximate surface area is 113 Å². The number of rotatable bonds is 6. The van der Waals surface area contributed by atoms with Crippen molar-refractivity contribution in [3.05, 3.63) is 30.3 Å². The highest BCUT2D eigenvalue weighted by Crippen LogP contribution is 2.19. The van der Waals surface area contributed by atoms with E-state index in [4.69, 9.17) is 5.11 Å².